The summed E-state index contributed by atoms with van der Waals surface area (Å²) in [6.45, 7) is 0. The van der Waals surface area contributed by atoms with Gasteiger partial charge in [0.25, 0.3) is 0 Å². The summed E-state index contributed by atoms with van der Waals surface area (Å²) < 4.78 is 0. The van der Waals surface area contributed by atoms with Gasteiger partial charge in [-0.1, -0.05) is 6.07 Å². The predicted molar refractivity (Wildman–Crippen MR) is 64.8 cm³/mol. The second-order valence-corrected chi connectivity index (χ2v) is 5.42. The molecule has 0 unspecified atom stereocenters. The van der Waals surface area contributed by atoms with Crippen LogP contribution in [0.25, 0.3) is 11.6 Å². The molecule has 0 saturated carbocycles. The first-order valence-electron chi connectivity index (χ1n) is 4.74. The number of rotatable bonds is 1. The summed E-state index contributed by atoms with van der Waals surface area (Å²) in [5, 5.41) is 4.34. The first-order valence-corrected chi connectivity index (χ1v) is 6.50. The lowest BCUT2D eigenvalue weighted by atomic mass is 10.1. The molecule has 0 nitrogen and oxygen atoms in total. The topological polar surface area (TPSA) is 0 Å². The van der Waals surface area contributed by atoms with Gasteiger partial charge in [-0.05, 0) is 52.9 Å². The minimum atomic E-state index is 1.22. The van der Waals surface area contributed by atoms with Crippen molar-refractivity contribution in [3.8, 4) is 0 Å². The van der Waals surface area contributed by atoms with Crippen LogP contribution in [-0.4, -0.2) is 0 Å². The summed E-state index contributed by atoms with van der Waals surface area (Å²) >= 11 is 3.71. The Hall–Kier alpha value is -0.860. The fourth-order valence-corrected chi connectivity index (χ4v) is 3.49. The van der Waals surface area contributed by atoms with Crippen molar-refractivity contribution in [2.45, 2.75) is 12.8 Å². The van der Waals surface area contributed by atoms with Crippen LogP contribution < -0.4 is 0 Å². The first-order chi connectivity index (χ1) is 6.93. The Kier molecular flexibility index (Phi) is 2.03. The Morgan fingerprint density at radius 2 is 2.07 bits per heavy atom. The molecule has 0 spiro atoms. The predicted octanol–water partition coefficient (Wildman–Crippen LogP) is 4.30. The van der Waals surface area contributed by atoms with E-state index in [2.05, 4.69) is 35.0 Å². The third kappa shape index (κ3) is 1.35. The zero-order valence-electron chi connectivity index (χ0n) is 7.69. The highest BCUT2D eigenvalue weighted by atomic mass is 32.1. The number of fused-ring (bicyclic) bond motifs is 1. The van der Waals surface area contributed by atoms with Crippen molar-refractivity contribution < 1.29 is 0 Å². The maximum atomic E-state index is 2.34. The average molecular weight is 218 g/mol. The molecule has 1 aliphatic carbocycles. The van der Waals surface area contributed by atoms with E-state index in [-0.39, 0.29) is 0 Å². The number of hydrogen-bond donors (Lipinski definition) is 0. The molecule has 2 heterocycles. The van der Waals surface area contributed by atoms with Gasteiger partial charge in [0, 0.05) is 9.75 Å². The lowest BCUT2D eigenvalue weighted by molar-refractivity contribution is 1.11. The highest BCUT2D eigenvalue weighted by Gasteiger charge is 2.16. The highest BCUT2D eigenvalue weighted by Crippen LogP contribution is 2.37. The summed E-state index contributed by atoms with van der Waals surface area (Å²) in [6, 6.07) is 6.55. The molecule has 2 aromatic rings. The minimum absolute atomic E-state index is 1.22. The average Bonchev–Trinajstić information content (AvgIpc) is 2.85. The van der Waals surface area contributed by atoms with Crippen molar-refractivity contribution in [1.82, 2.24) is 0 Å². The summed E-state index contributed by atoms with van der Waals surface area (Å²) in [7, 11) is 0. The van der Waals surface area contributed by atoms with E-state index in [1.54, 1.807) is 4.88 Å². The molecule has 70 valence electrons. The van der Waals surface area contributed by atoms with Gasteiger partial charge in [-0.2, -0.15) is 0 Å². The molecule has 2 heteroatoms. The summed E-state index contributed by atoms with van der Waals surface area (Å²) in [5.41, 5.74) is 3.01. The van der Waals surface area contributed by atoms with Crippen molar-refractivity contribution in [2.75, 3.05) is 0 Å². The van der Waals surface area contributed by atoms with Crippen LogP contribution in [0.1, 0.15) is 21.7 Å². The van der Waals surface area contributed by atoms with Crippen LogP contribution in [0.15, 0.2) is 29.0 Å². The zero-order valence-corrected chi connectivity index (χ0v) is 9.33. The fraction of sp³-hybridized carbons (Fsp3) is 0.167. The Bertz CT molecular complexity index is 460. The number of thiophene rings is 2. The van der Waals surface area contributed by atoms with Crippen LogP contribution in [0.5, 0.6) is 0 Å². The molecule has 3 rings (SSSR count). The lowest BCUT2D eigenvalue weighted by Crippen LogP contribution is -1.72. The molecular formula is C12H10S2. The largest absolute Gasteiger partial charge is 0.148 e. The van der Waals surface area contributed by atoms with Crippen LogP contribution in [0.4, 0.5) is 0 Å². The van der Waals surface area contributed by atoms with Crippen LogP contribution >= 0.6 is 22.7 Å². The van der Waals surface area contributed by atoms with Gasteiger partial charge in [-0.3, -0.25) is 0 Å². The van der Waals surface area contributed by atoms with Gasteiger partial charge in [-0.25, -0.2) is 0 Å². The Balaban J connectivity index is 2.03. The third-order valence-electron chi connectivity index (χ3n) is 2.57. The Morgan fingerprint density at radius 1 is 1.07 bits per heavy atom. The van der Waals surface area contributed by atoms with Crippen molar-refractivity contribution in [3.63, 3.8) is 0 Å². The van der Waals surface area contributed by atoms with Crippen molar-refractivity contribution >= 4 is 34.3 Å². The van der Waals surface area contributed by atoms with Crippen LogP contribution in [0.2, 0.25) is 0 Å². The van der Waals surface area contributed by atoms with E-state index in [0.29, 0.717) is 0 Å². The highest BCUT2D eigenvalue weighted by molar-refractivity contribution is 7.11. The van der Waals surface area contributed by atoms with E-state index in [9.17, 15) is 0 Å². The van der Waals surface area contributed by atoms with Gasteiger partial charge in [0.15, 0.2) is 0 Å². The maximum Gasteiger partial charge on any atom is 0.0273 e. The first kappa shape index (κ1) is 8.45. The monoisotopic (exact) mass is 218 g/mol. The molecule has 0 amide bonds. The Morgan fingerprint density at radius 3 is 2.93 bits per heavy atom. The maximum absolute atomic E-state index is 2.34. The second-order valence-electron chi connectivity index (χ2n) is 3.44. The van der Waals surface area contributed by atoms with E-state index in [4.69, 9.17) is 0 Å². The van der Waals surface area contributed by atoms with Gasteiger partial charge < -0.3 is 0 Å². The minimum Gasteiger partial charge on any atom is -0.148 e. The molecule has 0 bridgehead atoms. The number of hydrogen-bond acceptors (Lipinski definition) is 2. The van der Waals surface area contributed by atoms with E-state index in [1.807, 2.05) is 22.7 Å². The normalized spacial score (nSPS) is 17.6. The van der Waals surface area contributed by atoms with Gasteiger partial charge in [-0.15, -0.1) is 22.7 Å². The SMILES string of the molecule is C(=C1CCc2sccc21)c1cccs1. The summed E-state index contributed by atoms with van der Waals surface area (Å²) in [4.78, 5) is 2.94. The molecule has 14 heavy (non-hydrogen) atoms. The van der Waals surface area contributed by atoms with Crippen molar-refractivity contribution in [1.29, 1.82) is 0 Å². The third-order valence-corrected chi connectivity index (χ3v) is 4.37. The van der Waals surface area contributed by atoms with Crippen LogP contribution in [0.3, 0.4) is 0 Å². The fourth-order valence-electron chi connectivity index (χ4n) is 1.90. The Labute approximate surface area is 91.5 Å². The molecule has 2 aromatic heterocycles. The van der Waals surface area contributed by atoms with Gasteiger partial charge >= 0.3 is 0 Å². The second kappa shape index (κ2) is 3.37. The standard InChI is InChI=1S/C12H10S2/c1-2-10(13-6-1)8-9-3-4-12-11(9)5-7-14-12/h1-2,5-8H,3-4H2. The molecule has 0 aliphatic heterocycles. The van der Waals surface area contributed by atoms with Crippen molar-refractivity contribution in [3.05, 3.63) is 44.3 Å². The molecule has 0 atom stereocenters. The molecule has 0 saturated heterocycles. The molecule has 1 aliphatic rings. The van der Waals surface area contributed by atoms with Gasteiger partial charge in [0.1, 0.15) is 0 Å². The zero-order chi connectivity index (χ0) is 9.38. The molecular weight excluding hydrogens is 208 g/mol. The molecule has 0 aromatic carbocycles. The smallest absolute Gasteiger partial charge is 0.0273 e. The quantitative estimate of drug-likeness (QED) is 0.669. The molecule has 0 N–H and O–H groups in total. The number of aryl methyl sites for hydroxylation is 1. The van der Waals surface area contributed by atoms with E-state index < -0.39 is 0 Å². The van der Waals surface area contributed by atoms with Crippen LogP contribution in [0, 0.1) is 0 Å². The van der Waals surface area contributed by atoms with E-state index in [1.165, 1.54) is 28.9 Å². The lowest BCUT2D eigenvalue weighted by Gasteiger charge is -1.94. The number of allylic oxidation sites excluding steroid dienone is 1. The van der Waals surface area contributed by atoms with Gasteiger partial charge in [0.05, 0.1) is 0 Å². The summed E-state index contributed by atoms with van der Waals surface area (Å²) in [6.07, 6.45) is 4.80. The molecule has 0 radical (unpaired) electrons. The summed E-state index contributed by atoms with van der Waals surface area (Å²) in [5.74, 6) is 0. The van der Waals surface area contributed by atoms with Crippen LogP contribution in [-0.2, 0) is 6.42 Å². The van der Waals surface area contributed by atoms with Gasteiger partial charge in [0.2, 0.25) is 0 Å². The van der Waals surface area contributed by atoms with E-state index in [0.717, 1.165) is 0 Å². The van der Waals surface area contributed by atoms with Crippen molar-refractivity contribution in [2.24, 2.45) is 0 Å². The van der Waals surface area contributed by atoms with E-state index >= 15 is 0 Å². The molecule has 0 fully saturated rings.